The topological polar surface area (TPSA) is 62.0 Å². The molecule has 0 radical (unpaired) electrons. The molecule has 1 amide bonds. The summed E-state index contributed by atoms with van der Waals surface area (Å²) in [7, 11) is 0. The Morgan fingerprint density at radius 3 is 2.67 bits per heavy atom. The smallest absolute Gasteiger partial charge is 0.257 e. The standard InChI is InChI=1S/C12H8BrIN2O2/c13-9-5-8(14)2-3-10(9)16-12(18)7-1-4-11(17)15-6-7/h1-6H,(H,15,17)(H,16,18). The summed E-state index contributed by atoms with van der Waals surface area (Å²) in [4.78, 5) is 25.3. The lowest BCUT2D eigenvalue weighted by atomic mass is 10.2. The molecular weight excluding hydrogens is 411 g/mol. The minimum absolute atomic E-state index is 0.234. The van der Waals surface area contributed by atoms with Crippen LogP contribution in [0.1, 0.15) is 10.4 Å². The monoisotopic (exact) mass is 418 g/mol. The number of halogens is 2. The minimum Gasteiger partial charge on any atom is -0.328 e. The first-order valence-corrected chi connectivity index (χ1v) is 6.88. The van der Waals surface area contributed by atoms with E-state index in [0.29, 0.717) is 11.3 Å². The molecule has 92 valence electrons. The highest BCUT2D eigenvalue weighted by molar-refractivity contribution is 14.1. The highest BCUT2D eigenvalue weighted by Crippen LogP contribution is 2.24. The second kappa shape index (κ2) is 5.66. The van der Waals surface area contributed by atoms with Crippen LogP contribution in [0.25, 0.3) is 0 Å². The molecule has 0 aliphatic heterocycles. The zero-order valence-corrected chi connectivity index (χ0v) is 12.8. The summed E-state index contributed by atoms with van der Waals surface area (Å²) in [5, 5.41) is 2.76. The molecule has 2 N–H and O–H groups in total. The summed E-state index contributed by atoms with van der Waals surface area (Å²) in [5.74, 6) is -0.270. The third-order valence-corrected chi connectivity index (χ3v) is 3.55. The maximum absolute atomic E-state index is 11.9. The number of hydrogen-bond acceptors (Lipinski definition) is 2. The number of aromatic nitrogens is 1. The quantitative estimate of drug-likeness (QED) is 0.736. The average Bonchev–Trinajstić information content (AvgIpc) is 2.33. The first kappa shape index (κ1) is 13.3. The number of amides is 1. The van der Waals surface area contributed by atoms with Crippen molar-refractivity contribution in [2.45, 2.75) is 0 Å². The molecule has 0 unspecified atom stereocenters. The van der Waals surface area contributed by atoms with Gasteiger partial charge in [-0.2, -0.15) is 0 Å². The molecule has 2 rings (SSSR count). The summed E-state index contributed by atoms with van der Waals surface area (Å²) in [6.07, 6.45) is 1.39. The number of pyridine rings is 1. The van der Waals surface area contributed by atoms with Crippen LogP contribution in [0.5, 0.6) is 0 Å². The van der Waals surface area contributed by atoms with Crippen molar-refractivity contribution in [3.63, 3.8) is 0 Å². The van der Waals surface area contributed by atoms with Gasteiger partial charge in [0.1, 0.15) is 0 Å². The number of benzene rings is 1. The Morgan fingerprint density at radius 1 is 1.28 bits per heavy atom. The van der Waals surface area contributed by atoms with Gasteiger partial charge in [0.15, 0.2) is 0 Å². The van der Waals surface area contributed by atoms with Gasteiger partial charge in [-0.1, -0.05) is 0 Å². The Hall–Kier alpha value is -1.15. The summed E-state index contributed by atoms with van der Waals surface area (Å²) in [6, 6.07) is 8.42. The van der Waals surface area contributed by atoms with E-state index in [0.717, 1.165) is 8.04 Å². The van der Waals surface area contributed by atoms with Crippen LogP contribution in [-0.2, 0) is 0 Å². The number of carbonyl (C=O) groups excluding carboxylic acids is 1. The molecular formula is C12H8BrIN2O2. The van der Waals surface area contributed by atoms with Crippen molar-refractivity contribution in [3.05, 3.63) is 60.5 Å². The molecule has 2 aromatic rings. The zero-order valence-electron chi connectivity index (χ0n) is 9.04. The molecule has 0 bridgehead atoms. The van der Waals surface area contributed by atoms with Crippen LogP contribution in [0.2, 0.25) is 0 Å². The Labute approximate surface area is 125 Å². The number of H-pyrrole nitrogens is 1. The van der Waals surface area contributed by atoms with Crippen molar-refractivity contribution in [1.29, 1.82) is 0 Å². The maximum Gasteiger partial charge on any atom is 0.257 e. The van der Waals surface area contributed by atoms with Gasteiger partial charge in [-0.05, 0) is 62.8 Å². The van der Waals surface area contributed by atoms with E-state index >= 15 is 0 Å². The van der Waals surface area contributed by atoms with Crippen molar-refractivity contribution < 1.29 is 4.79 Å². The lowest BCUT2D eigenvalue weighted by molar-refractivity contribution is 0.102. The van der Waals surface area contributed by atoms with Crippen molar-refractivity contribution in [2.75, 3.05) is 5.32 Å². The molecule has 0 atom stereocenters. The molecule has 0 aliphatic rings. The van der Waals surface area contributed by atoms with Gasteiger partial charge in [-0.15, -0.1) is 0 Å². The van der Waals surface area contributed by atoms with E-state index in [1.165, 1.54) is 18.3 Å². The number of nitrogens with one attached hydrogen (secondary N) is 2. The second-order valence-corrected chi connectivity index (χ2v) is 5.62. The summed E-state index contributed by atoms with van der Waals surface area (Å²) in [5.41, 5.74) is 0.855. The maximum atomic E-state index is 11.9. The normalized spacial score (nSPS) is 10.1. The van der Waals surface area contributed by atoms with Crippen LogP contribution in [0.3, 0.4) is 0 Å². The molecule has 1 aromatic heterocycles. The molecule has 4 nitrogen and oxygen atoms in total. The van der Waals surface area contributed by atoms with Crippen LogP contribution < -0.4 is 10.9 Å². The molecule has 18 heavy (non-hydrogen) atoms. The second-order valence-electron chi connectivity index (χ2n) is 3.52. The minimum atomic E-state index is -0.270. The lowest BCUT2D eigenvalue weighted by Gasteiger charge is -2.07. The van der Waals surface area contributed by atoms with Crippen LogP contribution in [0.4, 0.5) is 5.69 Å². The van der Waals surface area contributed by atoms with Gasteiger partial charge in [0.2, 0.25) is 5.56 Å². The van der Waals surface area contributed by atoms with Gasteiger partial charge in [-0.3, -0.25) is 9.59 Å². The largest absolute Gasteiger partial charge is 0.328 e. The van der Waals surface area contributed by atoms with Gasteiger partial charge in [0, 0.05) is 20.3 Å². The van der Waals surface area contributed by atoms with E-state index < -0.39 is 0 Å². The van der Waals surface area contributed by atoms with Crippen molar-refractivity contribution >= 4 is 50.1 Å². The van der Waals surface area contributed by atoms with Gasteiger partial charge < -0.3 is 10.3 Å². The summed E-state index contributed by atoms with van der Waals surface area (Å²) in [6.45, 7) is 0. The number of carbonyl (C=O) groups is 1. The van der Waals surface area contributed by atoms with E-state index in [-0.39, 0.29) is 11.5 Å². The van der Waals surface area contributed by atoms with E-state index in [2.05, 4.69) is 48.8 Å². The van der Waals surface area contributed by atoms with Crippen molar-refractivity contribution in [1.82, 2.24) is 4.98 Å². The number of rotatable bonds is 2. The summed E-state index contributed by atoms with van der Waals surface area (Å²) >= 11 is 5.57. The first-order valence-electron chi connectivity index (χ1n) is 5.01. The van der Waals surface area contributed by atoms with E-state index in [1.54, 1.807) is 0 Å². The highest BCUT2D eigenvalue weighted by Gasteiger charge is 2.08. The van der Waals surface area contributed by atoms with Crippen LogP contribution in [-0.4, -0.2) is 10.9 Å². The molecule has 1 aromatic carbocycles. The molecule has 0 aliphatic carbocycles. The zero-order chi connectivity index (χ0) is 13.1. The van der Waals surface area contributed by atoms with E-state index in [9.17, 15) is 9.59 Å². The van der Waals surface area contributed by atoms with Crippen molar-refractivity contribution in [3.8, 4) is 0 Å². The predicted octanol–water partition coefficient (Wildman–Crippen LogP) is 2.99. The highest BCUT2D eigenvalue weighted by atomic mass is 127. The number of anilines is 1. The number of hydrogen-bond donors (Lipinski definition) is 2. The molecule has 0 saturated carbocycles. The van der Waals surface area contributed by atoms with Crippen LogP contribution in [0, 0.1) is 3.57 Å². The molecule has 6 heteroatoms. The molecule has 0 saturated heterocycles. The van der Waals surface area contributed by atoms with Gasteiger partial charge in [0.25, 0.3) is 5.91 Å². The fraction of sp³-hybridized carbons (Fsp3) is 0. The van der Waals surface area contributed by atoms with E-state index in [1.807, 2.05) is 18.2 Å². The third-order valence-electron chi connectivity index (χ3n) is 2.23. The first-order chi connectivity index (χ1) is 8.56. The Bertz CT molecular complexity index is 634. The lowest BCUT2D eigenvalue weighted by Crippen LogP contribution is -2.14. The fourth-order valence-electron chi connectivity index (χ4n) is 1.34. The Kier molecular flexibility index (Phi) is 4.18. The summed E-state index contributed by atoms with van der Waals surface area (Å²) < 4.78 is 1.88. The van der Waals surface area contributed by atoms with Crippen LogP contribution in [0.15, 0.2) is 45.8 Å². The third kappa shape index (κ3) is 3.20. The van der Waals surface area contributed by atoms with Crippen LogP contribution >= 0.6 is 38.5 Å². The average molecular weight is 419 g/mol. The van der Waals surface area contributed by atoms with Crippen molar-refractivity contribution in [2.24, 2.45) is 0 Å². The van der Waals surface area contributed by atoms with Gasteiger partial charge >= 0.3 is 0 Å². The Morgan fingerprint density at radius 2 is 2.06 bits per heavy atom. The van der Waals surface area contributed by atoms with Gasteiger partial charge in [0.05, 0.1) is 11.3 Å². The predicted molar refractivity (Wildman–Crippen MR) is 81.9 cm³/mol. The molecule has 0 fully saturated rings. The van der Waals surface area contributed by atoms with Gasteiger partial charge in [-0.25, -0.2) is 0 Å². The molecule has 0 spiro atoms. The number of aromatic amines is 1. The fourth-order valence-corrected chi connectivity index (χ4v) is 2.73. The van der Waals surface area contributed by atoms with E-state index in [4.69, 9.17) is 0 Å². The SMILES string of the molecule is O=C(Nc1ccc(I)cc1Br)c1ccc(=O)[nH]c1. The Balaban J connectivity index is 2.21. The molecule has 1 heterocycles.